The maximum absolute atomic E-state index is 13.8. The smallest absolute Gasteiger partial charge is 0.271 e. The van der Waals surface area contributed by atoms with Crippen molar-refractivity contribution in [3.63, 3.8) is 0 Å². The van der Waals surface area contributed by atoms with Crippen LogP contribution in [0.4, 0.5) is 10.1 Å². The number of sulfonamides is 1. The molecule has 1 aromatic heterocycles. The molecule has 1 heterocycles. The molecule has 1 aromatic carbocycles. The zero-order valence-electron chi connectivity index (χ0n) is 12.6. The summed E-state index contributed by atoms with van der Waals surface area (Å²) >= 11 is 1.15. The van der Waals surface area contributed by atoms with Gasteiger partial charge in [0.05, 0.1) is 12.3 Å². The van der Waals surface area contributed by atoms with Gasteiger partial charge >= 0.3 is 0 Å². The molecule has 0 aliphatic carbocycles. The van der Waals surface area contributed by atoms with Crippen LogP contribution < -0.4 is 4.72 Å². The van der Waals surface area contributed by atoms with E-state index in [4.69, 9.17) is 0 Å². The van der Waals surface area contributed by atoms with Crippen LogP contribution in [0, 0.1) is 5.82 Å². The van der Waals surface area contributed by atoms with E-state index in [-0.39, 0.29) is 20.9 Å². The Morgan fingerprint density at radius 3 is 2.45 bits per heavy atom. The molecule has 0 saturated heterocycles. The van der Waals surface area contributed by atoms with E-state index in [0.717, 1.165) is 22.3 Å². The fourth-order valence-corrected chi connectivity index (χ4v) is 4.34. The van der Waals surface area contributed by atoms with Crippen LogP contribution in [-0.4, -0.2) is 13.5 Å². The van der Waals surface area contributed by atoms with Gasteiger partial charge in [-0.2, -0.15) is 0 Å². The Bertz CT molecular complexity index is 776. The molecule has 2 rings (SSSR count). The molecule has 0 amide bonds. The van der Waals surface area contributed by atoms with Crippen molar-refractivity contribution in [3.8, 4) is 0 Å². The molecule has 0 unspecified atom stereocenters. The lowest BCUT2D eigenvalue weighted by Gasteiger charge is -2.15. The monoisotopic (exact) mass is 343 g/mol. The van der Waals surface area contributed by atoms with E-state index in [0.29, 0.717) is 0 Å². The van der Waals surface area contributed by atoms with Gasteiger partial charge in [-0.05, 0) is 23.6 Å². The van der Waals surface area contributed by atoms with Crippen molar-refractivity contribution in [1.82, 2.24) is 0 Å². The van der Waals surface area contributed by atoms with E-state index in [1.807, 2.05) is 20.8 Å². The van der Waals surface area contributed by atoms with E-state index in [1.165, 1.54) is 18.2 Å². The largest absolute Gasteiger partial charge is 0.392 e. The van der Waals surface area contributed by atoms with E-state index >= 15 is 0 Å². The average Bonchev–Trinajstić information content (AvgIpc) is 2.91. The number of nitrogens with one attached hydrogen (secondary N) is 1. The zero-order chi connectivity index (χ0) is 16.5. The summed E-state index contributed by atoms with van der Waals surface area (Å²) in [6, 6.07) is 7.30. The van der Waals surface area contributed by atoms with Gasteiger partial charge in [0.2, 0.25) is 0 Å². The van der Waals surface area contributed by atoms with Crippen LogP contribution in [0.2, 0.25) is 0 Å². The number of hydrogen-bond donors (Lipinski definition) is 2. The quantitative estimate of drug-likeness (QED) is 0.893. The first-order chi connectivity index (χ1) is 10.1. The minimum atomic E-state index is -3.89. The Hall–Kier alpha value is -1.44. The van der Waals surface area contributed by atoms with Crippen LogP contribution >= 0.6 is 11.3 Å². The summed E-state index contributed by atoms with van der Waals surface area (Å²) in [5.41, 5.74) is -0.181. The summed E-state index contributed by atoms with van der Waals surface area (Å²) in [7, 11) is -3.89. The number of anilines is 1. The van der Waals surface area contributed by atoms with E-state index in [9.17, 15) is 17.9 Å². The van der Waals surface area contributed by atoms with E-state index in [2.05, 4.69) is 4.72 Å². The van der Waals surface area contributed by atoms with Crippen LogP contribution in [0.1, 0.15) is 31.2 Å². The van der Waals surface area contributed by atoms with Gasteiger partial charge in [0, 0.05) is 10.4 Å². The van der Waals surface area contributed by atoms with Crippen LogP contribution in [0.25, 0.3) is 0 Å². The summed E-state index contributed by atoms with van der Waals surface area (Å²) in [5, 5.41) is 9.22. The lowest BCUT2D eigenvalue weighted by atomic mass is 9.95. The van der Waals surface area contributed by atoms with Gasteiger partial charge in [-0.1, -0.05) is 32.9 Å². The lowest BCUT2D eigenvalue weighted by molar-refractivity contribution is 0.282. The van der Waals surface area contributed by atoms with Crippen LogP contribution in [0.5, 0.6) is 0 Å². The Balaban J connectivity index is 2.39. The molecule has 0 fully saturated rings. The third kappa shape index (κ3) is 3.48. The molecule has 0 spiro atoms. The van der Waals surface area contributed by atoms with Gasteiger partial charge < -0.3 is 5.11 Å². The lowest BCUT2D eigenvalue weighted by Crippen LogP contribution is -2.14. The number of benzene rings is 1. The van der Waals surface area contributed by atoms with Crippen molar-refractivity contribution < 1.29 is 17.9 Å². The third-order valence-corrected chi connectivity index (χ3v) is 6.44. The predicted octanol–water partition coefficient (Wildman–Crippen LogP) is 3.48. The summed E-state index contributed by atoms with van der Waals surface area (Å²) in [6.45, 7) is 5.52. The highest BCUT2D eigenvalue weighted by atomic mass is 32.2. The molecular weight excluding hydrogens is 325 g/mol. The fourth-order valence-electron chi connectivity index (χ4n) is 1.87. The molecule has 120 valence electrons. The fraction of sp³-hybridized carbons (Fsp3) is 0.333. The molecule has 7 heteroatoms. The topological polar surface area (TPSA) is 66.4 Å². The number of hydrogen-bond acceptors (Lipinski definition) is 4. The number of para-hydroxylation sites is 1. The highest BCUT2D eigenvalue weighted by Crippen LogP contribution is 2.33. The number of aliphatic hydroxyl groups excluding tert-OH is 1. The Labute approximate surface area is 133 Å². The average molecular weight is 343 g/mol. The zero-order valence-corrected chi connectivity index (χ0v) is 14.2. The van der Waals surface area contributed by atoms with E-state index < -0.39 is 22.4 Å². The second-order valence-electron chi connectivity index (χ2n) is 5.91. The first-order valence-corrected chi connectivity index (χ1v) is 8.96. The second-order valence-corrected chi connectivity index (χ2v) is 8.90. The highest BCUT2D eigenvalue weighted by Gasteiger charge is 2.23. The molecule has 0 radical (unpaired) electrons. The van der Waals surface area contributed by atoms with Gasteiger partial charge in [-0.3, -0.25) is 4.72 Å². The van der Waals surface area contributed by atoms with E-state index in [1.54, 1.807) is 6.07 Å². The summed E-state index contributed by atoms with van der Waals surface area (Å²) in [4.78, 5) is 0.920. The van der Waals surface area contributed by atoms with Gasteiger partial charge in [0.15, 0.2) is 0 Å². The maximum Gasteiger partial charge on any atom is 0.271 e. The van der Waals surface area contributed by atoms with Crippen molar-refractivity contribution >= 4 is 27.0 Å². The molecule has 0 aliphatic rings. The molecule has 0 atom stereocenters. The van der Waals surface area contributed by atoms with Crippen LogP contribution in [-0.2, 0) is 22.0 Å². The summed E-state index contributed by atoms with van der Waals surface area (Å²) < 4.78 is 41.0. The molecule has 0 aliphatic heterocycles. The Morgan fingerprint density at radius 1 is 1.23 bits per heavy atom. The standard InChI is InChI=1S/C15H18FNO3S2/c1-15(2,3)12-7-8-13(21-12)22(19,20)17-14-10(9-18)5-4-6-11(14)16/h4-8,17-18H,9H2,1-3H3. The van der Waals surface area contributed by atoms with Gasteiger partial charge in [-0.25, -0.2) is 12.8 Å². The van der Waals surface area contributed by atoms with Gasteiger partial charge in [0.25, 0.3) is 10.0 Å². The van der Waals surface area contributed by atoms with Gasteiger partial charge in [0.1, 0.15) is 10.0 Å². The highest BCUT2D eigenvalue weighted by molar-refractivity contribution is 7.94. The first-order valence-electron chi connectivity index (χ1n) is 6.66. The van der Waals surface area contributed by atoms with Gasteiger partial charge in [-0.15, -0.1) is 11.3 Å². The molecule has 2 N–H and O–H groups in total. The maximum atomic E-state index is 13.8. The number of halogens is 1. The van der Waals surface area contributed by atoms with Crippen LogP contribution in [0.15, 0.2) is 34.5 Å². The van der Waals surface area contributed by atoms with Crippen molar-refractivity contribution in [1.29, 1.82) is 0 Å². The predicted molar refractivity (Wildman–Crippen MR) is 86.2 cm³/mol. The minimum absolute atomic E-state index is 0.115. The molecule has 0 saturated carbocycles. The van der Waals surface area contributed by atoms with Crippen molar-refractivity contribution in [2.75, 3.05) is 4.72 Å². The second kappa shape index (κ2) is 5.98. The SMILES string of the molecule is CC(C)(C)c1ccc(S(=O)(=O)Nc2c(F)cccc2CO)s1. The van der Waals surface area contributed by atoms with Crippen molar-refractivity contribution in [2.24, 2.45) is 0 Å². The van der Waals surface area contributed by atoms with Crippen molar-refractivity contribution in [2.45, 2.75) is 37.0 Å². The summed E-state index contributed by atoms with van der Waals surface area (Å²) in [5.74, 6) is -0.720. The number of aliphatic hydroxyl groups is 1. The molecule has 2 aromatic rings. The van der Waals surface area contributed by atoms with Crippen molar-refractivity contribution in [3.05, 3.63) is 46.6 Å². The molecule has 0 bridgehead atoms. The molecule has 22 heavy (non-hydrogen) atoms. The Morgan fingerprint density at radius 2 is 1.91 bits per heavy atom. The number of rotatable bonds is 4. The number of thiophene rings is 1. The van der Waals surface area contributed by atoms with Crippen LogP contribution in [0.3, 0.4) is 0 Å². The molecule has 4 nitrogen and oxygen atoms in total. The summed E-state index contributed by atoms with van der Waals surface area (Å²) in [6.07, 6.45) is 0. The normalized spacial score (nSPS) is 12.4. The Kier molecular flexibility index (Phi) is 4.60. The first kappa shape index (κ1) is 16.9. The minimum Gasteiger partial charge on any atom is -0.392 e. The third-order valence-electron chi connectivity index (χ3n) is 3.09. The molecular formula is C15H18FNO3S2.